The van der Waals surface area contributed by atoms with Gasteiger partial charge in [-0.05, 0) is 26.0 Å². The highest BCUT2D eigenvalue weighted by Crippen LogP contribution is 2.10. The lowest BCUT2D eigenvalue weighted by Gasteiger charge is -2.04. The van der Waals surface area contributed by atoms with E-state index in [9.17, 15) is 13.2 Å². The van der Waals surface area contributed by atoms with E-state index in [1.54, 1.807) is 6.92 Å². The number of hydrogen-bond donors (Lipinski definition) is 1. The van der Waals surface area contributed by atoms with E-state index in [-0.39, 0.29) is 17.2 Å². The summed E-state index contributed by atoms with van der Waals surface area (Å²) in [5.74, 6) is 5.11. The van der Waals surface area contributed by atoms with Crippen molar-refractivity contribution in [3.63, 3.8) is 0 Å². The molecule has 1 rings (SSSR count). The third-order valence-electron chi connectivity index (χ3n) is 2.10. The maximum absolute atomic E-state index is 11.7. The van der Waals surface area contributed by atoms with Gasteiger partial charge in [0.25, 0.3) is 0 Å². The molecule has 1 aromatic carbocycles. The fraction of sp³-hybridized carbons (Fsp3) is 0.250. The van der Waals surface area contributed by atoms with E-state index in [2.05, 4.69) is 16.6 Å². The van der Waals surface area contributed by atoms with Crippen molar-refractivity contribution in [2.45, 2.75) is 18.7 Å². The Morgan fingerprint density at radius 3 is 2.35 bits per heavy atom. The van der Waals surface area contributed by atoms with Gasteiger partial charge in [0.2, 0.25) is 10.0 Å². The van der Waals surface area contributed by atoms with Crippen molar-refractivity contribution >= 4 is 15.8 Å². The summed E-state index contributed by atoms with van der Waals surface area (Å²) >= 11 is 0. The highest BCUT2D eigenvalue weighted by Gasteiger charge is 2.12. The second kappa shape index (κ2) is 5.62. The van der Waals surface area contributed by atoms with Crippen LogP contribution in [0.15, 0.2) is 29.2 Å². The monoisotopic (exact) mass is 251 g/mol. The second-order valence-corrected chi connectivity index (χ2v) is 5.10. The molecule has 1 aromatic rings. The average molecular weight is 251 g/mol. The van der Waals surface area contributed by atoms with Crippen molar-refractivity contribution in [1.29, 1.82) is 0 Å². The molecule has 0 aromatic heterocycles. The minimum atomic E-state index is -3.54. The zero-order valence-electron chi connectivity index (χ0n) is 9.65. The number of carbonyl (C=O) groups excluding carboxylic acids is 1. The lowest BCUT2D eigenvalue weighted by atomic mass is 10.2. The van der Waals surface area contributed by atoms with E-state index >= 15 is 0 Å². The van der Waals surface area contributed by atoms with Crippen LogP contribution in [-0.2, 0) is 10.0 Å². The van der Waals surface area contributed by atoms with Crippen LogP contribution in [0.1, 0.15) is 24.2 Å². The summed E-state index contributed by atoms with van der Waals surface area (Å²) in [5.41, 5.74) is 0.484. The Kier molecular flexibility index (Phi) is 4.44. The van der Waals surface area contributed by atoms with Crippen LogP contribution in [0.4, 0.5) is 0 Å². The first kappa shape index (κ1) is 13.4. The van der Waals surface area contributed by atoms with E-state index in [0.29, 0.717) is 5.56 Å². The van der Waals surface area contributed by atoms with Crippen LogP contribution in [0.5, 0.6) is 0 Å². The molecule has 90 valence electrons. The predicted octanol–water partition coefficient (Wildman–Crippen LogP) is 1.19. The smallest absolute Gasteiger partial charge is 0.241 e. The number of sulfonamides is 1. The van der Waals surface area contributed by atoms with Crippen LogP contribution in [0, 0.1) is 11.8 Å². The summed E-state index contributed by atoms with van der Waals surface area (Å²) in [6, 6.07) is 5.78. The van der Waals surface area contributed by atoms with Crippen LogP contribution in [0.3, 0.4) is 0 Å². The number of hydrogen-bond acceptors (Lipinski definition) is 3. The van der Waals surface area contributed by atoms with E-state index < -0.39 is 10.0 Å². The molecule has 4 nitrogen and oxygen atoms in total. The van der Waals surface area contributed by atoms with E-state index in [1.165, 1.54) is 31.2 Å². The molecule has 0 aliphatic carbocycles. The Morgan fingerprint density at radius 2 is 1.88 bits per heavy atom. The summed E-state index contributed by atoms with van der Waals surface area (Å²) < 4.78 is 25.8. The number of ketones is 1. The van der Waals surface area contributed by atoms with Gasteiger partial charge in [0.1, 0.15) is 0 Å². The number of nitrogens with one attached hydrogen (secondary N) is 1. The quantitative estimate of drug-likeness (QED) is 0.646. The van der Waals surface area contributed by atoms with Gasteiger partial charge < -0.3 is 0 Å². The molecule has 0 saturated heterocycles. The van der Waals surface area contributed by atoms with Crippen molar-refractivity contribution in [2.24, 2.45) is 0 Å². The van der Waals surface area contributed by atoms with Crippen LogP contribution in [0.2, 0.25) is 0 Å². The van der Waals surface area contributed by atoms with Crippen LogP contribution < -0.4 is 4.72 Å². The zero-order valence-corrected chi connectivity index (χ0v) is 10.5. The topological polar surface area (TPSA) is 63.2 Å². The lowest BCUT2D eigenvalue weighted by molar-refractivity contribution is 0.101. The van der Waals surface area contributed by atoms with Gasteiger partial charge >= 0.3 is 0 Å². The highest BCUT2D eigenvalue weighted by atomic mass is 32.2. The van der Waals surface area contributed by atoms with E-state index in [0.717, 1.165) is 0 Å². The molecule has 0 radical (unpaired) electrons. The molecule has 0 spiro atoms. The Balaban J connectivity index is 2.91. The second-order valence-electron chi connectivity index (χ2n) is 3.33. The summed E-state index contributed by atoms with van der Waals surface area (Å²) in [5, 5.41) is 0. The summed E-state index contributed by atoms with van der Waals surface area (Å²) in [6.45, 7) is 3.14. The summed E-state index contributed by atoms with van der Waals surface area (Å²) in [4.78, 5) is 11.2. The molecule has 1 N–H and O–H groups in total. The average Bonchev–Trinajstić information content (AvgIpc) is 2.29. The Bertz CT molecular complexity index is 562. The molecule has 0 fully saturated rings. The first-order chi connectivity index (χ1) is 7.97. The number of rotatable bonds is 4. The van der Waals surface area contributed by atoms with E-state index in [1.807, 2.05) is 0 Å². The molecule has 0 atom stereocenters. The lowest BCUT2D eigenvalue weighted by Crippen LogP contribution is -2.24. The van der Waals surface area contributed by atoms with Gasteiger partial charge in [-0.25, -0.2) is 8.42 Å². The van der Waals surface area contributed by atoms with Crippen molar-refractivity contribution in [1.82, 2.24) is 4.72 Å². The maximum atomic E-state index is 11.7. The fourth-order valence-corrected chi connectivity index (χ4v) is 2.09. The molecule has 0 unspecified atom stereocenters. The van der Waals surface area contributed by atoms with Gasteiger partial charge in [0, 0.05) is 5.56 Å². The zero-order chi connectivity index (χ0) is 12.9. The fourth-order valence-electron chi connectivity index (χ4n) is 1.17. The van der Waals surface area contributed by atoms with Crippen LogP contribution in [0.25, 0.3) is 0 Å². The molecule has 0 aliphatic heterocycles. The third kappa shape index (κ3) is 3.70. The summed E-state index contributed by atoms with van der Waals surface area (Å²) in [6.07, 6.45) is 0. The molecule has 5 heteroatoms. The maximum Gasteiger partial charge on any atom is 0.241 e. The first-order valence-electron chi connectivity index (χ1n) is 4.97. The minimum Gasteiger partial charge on any atom is -0.295 e. The third-order valence-corrected chi connectivity index (χ3v) is 3.52. The first-order valence-corrected chi connectivity index (χ1v) is 6.46. The largest absolute Gasteiger partial charge is 0.295 e. The normalized spacial score (nSPS) is 10.5. The summed E-state index contributed by atoms with van der Waals surface area (Å²) in [7, 11) is -3.54. The number of benzene rings is 1. The van der Waals surface area contributed by atoms with Crippen molar-refractivity contribution < 1.29 is 13.2 Å². The van der Waals surface area contributed by atoms with Crippen LogP contribution >= 0.6 is 0 Å². The SMILES string of the molecule is CC#CCNS(=O)(=O)c1ccc(C(C)=O)cc1. The van der Waals surface area contributed by atoms with Gasteiger partial charge in [0.15, 0.2) is 5.78 Å². The Labute approximate surface area is 101 Å². The van der Waals surface area contributed by atoms with Gasteiger partial charge in [-0.1, -0.05) is 18.1 Å². The van der Waals surface area contributed by atoms with Crippen molar-refractivity contribution in [2.75, 3.05) is 6.54 Å². The predicted molar refractivity (Wildman–Crippen MR) is 65.1 cm³/mol. The molecule has 0 bridgehead atoms. The molecule has 17 heavy (non-hydrogen) atoms. The van der Waals surface area contributed by atoms with Crippen molar-refractivity contribution in [3.8, 4) is 11.8 Å². The van der Waals surface area contributed by atoms with E-state index in [4.69, 9.17) is 0 Å². The highest BCUT2D eigenvalue weighted by molar-refractivity contribution is 7.89. The molecule has 0 amide bonds. The number of carbonyl (C=O) groups is 1. The van der Waals surface area contributed by atoms with Gasteiger partial charge in [-0.15, -0.1) is 5.92 Å². The van der Waals surface area contributed by atoms with Crippen molar-refractivity contribution in [3.05, 3.63) is 29.8 Å². The molecular weight excluding hydrogens is 238 g/mol. The molecular formula is C12H13NO3S. The molecule has 0 heterocycles. The Hall–Kier alpha value is -1.64. The van der Waals surface area contributed by atoms with Gasteiger partial charge in [-0.3, -0.25) is 4.79 Å². The van der Waals surface area contributed by atoms with Crippen LogP contribution in [-0.4, -0.2) is 20.7 Å². The minimum absolute atomic E-state index is 0.0767. The molecule has 0 aliphatic rings. The van der Waals surface area contributed by atoms with Gasteiger partial charge in [0.05, 0.1) is 11.4 Å². The molecule has 0 saturated carbocycles. The standard InChI is InChI=1S/C12H13NO3S/c1-3-4-9-13-17(15,16)12-7-5-11(6-8-12)10(2)14/h5-8,13H,9H2,1-2H3. The number of Topliss-reactive ketones (excluding diaryl/α,β-unsaturated/α-hetero) is 1. The Morgan fingerprint density at radius 1 is 1.29 bits per heavy atom. The van der Waals surface area contributed by atoms with Gasteiger partial charge in [-0.2, -0.15) is 4.72 Å².